The van der Waals surface area contributed by atoms with Crippen LogP contribution in [-0.4, -0.2) is 9.97 Å². The number of imidazole rings is 1. The van der Waals surface area contributed by atoms with Crippen LogP contribution in [0.25, 0.3) is 11.0 Å². The molecule has 0 unspecified atom stereocenters. The molecule has 0 fully saturated rings. The lowest BCUT2D eigenvalue weighted by Crippen LogP contribution is -1.77. The van der Waals surface area contributed by atoms with Crippen molar-refractivity contribution in [1.29, 1.82) is 0 Å². The van der Waals surface area contributed by atoms with Gasteiger partial charge in [-0.05, 0) is 44.0 Å². The Hall–Kier alpha value is -0.420. The smallest absolute Gasteiger partial charge is 0.175 e. The molecule has 2 nitrogen and oxygen atoms in total. The highest BCUT2D eigenvalue weighted by molar-refractivity contribution is 9.11. The van der Waals surface area contributed by atoms with Crippen molar-refractivity contribution in [3.8, 4) is 0 Å². The van der Waals surface area contributed by atoms with Gasteiger partial charge in [-0.25, -0.2) is 9.37 Å². The van der Waals surface area contributed by atoms with E-state index in [1.165, 1.54) is 6.07 Å². The third-order valence-electron chi connectivity index (χ3n) is 1.52. The molecule has 2 rings (SSSR count). The molecule has 1 aromatic carbocycles. The van der Waals surface area contributed by atoms with E-state index in [0.29, 0.717) is 15.8 Å². The Bertz CT molecular complexity index is 399. The van der Waals surface area contributed by atoms with Gasteiger partial charge < -0.3 is 4.98 Å². The van der Waals surface area contributed by atoms with Crippen LogP contribution in [0.1, 0.15) is 0 Å². The number of fused-ring (bicyclic) bond motifs is 1. The maximum absolute atomic E-state index is 13.1. The molecule has 0 saturated heterocycles. The highest BCUT2D eigenvalue weighted by Gasteiger charge is 2.08. The largest absolute Gasteiger partial charge is 0.331 e. The molecular weight excluding hydrogens is 291 g/mol. The SMILES string of the molecule is Fc1ccc(Br)c2[nH]c(Br)nc12. The lowest BCUT2D eigenvalue weighted by Gasteiger charge is -1.92. The summed E-state index contributed by atoms with van der Waals surface area (Å²) in [7, 11) is 0. The minimum Gasteiger partial charge on any atom is -0.331 e. The summed E-state index contributed by atoms with van der Waals surface area (Å²) in [5.41, 5.74) is 1.01. The molecule has 0 spiro atoms. The van der Waals surface area contributed by atoms with Crippen molar-refractivity contribution in [3.05, 3.63) is 27.2 Å². The summed E-state index contributed by atoms with van der Waals surface area (Å²) < 4.78 is 14.4. The molecule has 1 N–H and O–H groups in total. The average molecular weight is 294 g/mol. The number of aromatic amines is 1. The quantitative estimate of drug-likeness (QED) is 0.794. The molecule has 0 aliphatic rings. The predicted octanol–water partition coefficient (Wildman–Crippen LogP) is 3.23. The number of aromatic nitrogens is 2. The van der Waals surface area contributed by atoms with E-state index in [4.69, 9.17) is 0 Å². The molecule has 0 aliphatic carbocycles. The zero-order chi connectivity index (χ0) is 8.72. The molecule has 0 bridgehead atoms. The summed E-state index contributed by atoms with van der Waals surface area (Å²) in [6.07, 6.45) is 0. The number of rotatable bonds is 0. The maximum Gasteiger partial charge on any atom is 0.175 e. The van der Waals surface area contributed by atoms with Crippen molar-refractivity contribution in [2.45, 2.75) is 0 Å². The van der Waals surface area contributed by atoms with Crippen molar-refractivity contribution < 1.29 is 4.39 Å². The molecule has 1 aromatic heterocycles. The second-order valence-electron chi connectivity index (χ2n) is 2.28. The second-order valence-corrected chi connectivity index (χ2v) is 3.89. The highest BCUT2D eigenvalue weighted by Crippen LogP contribution is 2.25. The van der Waals surface area contributed by atoms with Gasteiger partial charge in [0.25, 0.3) is 0 Å². The van der Waals surface area contributed by atoms with Gasteiger partial charge in [-0.1, -0.05) is 0 Å². The van der Waals surface area contributed by atoms with Crippen LogP contribution in [0.15, 0.2) is 21.3 Å². The number of benzene rings is 1. The Balaban J connectivity index is 2.93. The van der Waals surface area contributed by atoms with Gasteiger partial charge in [0.2, 0.25) is 0 Å². The molecule has 12 heavy (non-hydrogen) atoms. The summed E-state index contributed by atoms with van der Waals surface area (Å²) >= 11 is 6.42. The Morgan fingerprint density at radius 1 is 1.33 bits per heavy atom. The minimum absolute atomic E-state index is 0.324. The molecule has 0 atom stereocenters. The summed E-state index contributed by atoms with van der Waals surface area (Å²) in [4.78, 5) is 6.82. The first-order chi connectivity index (χ1) is 5.68. The fourth-order valence-corrected chi connectivity index (χ4v) is 1.79. The Labute approximate surface area is 84.4 Å². The molecule has 0 aliphatic heterocycles. The van der Waals surface area contributed by atoms with E-state index in [-0.39, 0.29) is 5.82 Å². The average Bonchev–Trinajstić information content (AvgIpc) is 2.41. The Kier molecular flexibility index (Phi) is 1.92. The van der Waals surface area contributed by atoms with Gasteiger partial charge in [-0.3, -0.25) is 0 Å². The number of nitrogens with one attached hydrogen (secondary N) is 1. The number of nitrogens with zero attached hydrogens (tertiary/aromatic N) is 1. The summed E-state index contributed by atoms with van der Waals surface area (Å²) in [6.45, 7) is 0. The third kappa shape index (κ3) is 1.17. The van der Waals surface area contributed by atoms with Gasteiger partial charge in [-0.2, -0.15) is 0 Å². The Morgan fingerprint density at radius 2 is 2.08 bits per heavy atom. The van der Waals surface area contributed by atoms with Crippen LogP contribution in [0.3, 0.4) is 0 Å². The fourth-order valence-electron chi connectivity index (χ4n) is 0.999. The maximum atomic E-state index is 13.1. The van der Waals surface area contributed by atoms with Crippen molar-refractivity contribution in [1.82, 2.24) is 9.97 Å². The van der Waals surface area contributed by atoms with E-state index >= 15 is 0 Å². The lowest BCUT2D eigenvalue weighted by molar-refractivity contribution is 0.637. The van der Waals surface area contributed by atoms with Crippen molar-refractivity contribution in [2.75, 3.05) is 0 Å². The third-order valence-corrected chi connectivity index (χ3v) is 2.55. The molecule has 0 saturated carbocycles. The van der Waals surface area contributed by atoms with Crippen LogP contribution in [0.5, 0.6) is 0 Å². The Morgan fingerprint density at radius 3 is 2.75 bits per heavy atom. The van der Waals surface area contributed by atoms with E-state index < -0.39 is 0 Å². The molecule has 62 valence electrons. The van der Waals surface area contributed by atoms with Crippen molar-refractivity contribution in [2.24, 2.45) is 0 Å². The molecule has 0 amide bonds. The van der Waals surface area contributed by atoms with Crippen LogP contribution >= 0.6 is 31.9 Å². The van der Waals surface area contributed by atoms with Gasteiger partial charge in [-0.15, -0.1) is 0 Å². The van der Waals surface area contributed by atoms with E-state index in [9.17, 15) is 4.39 Å². The summed E-state index contributed by atoms with van der Waals surface area (Å²) in [5, 5.41) is 0. The normalized spacial score (nSPS) is 10.9. The van der Waals surface area contributed by atoms with Gasteiger partial charge in [0.05, 0.1) is 5.52 Å². The van der Waals surface area contributed by atoms with Crippen molar-refractivity contribution in [3.63, 3.8) is 0 Å². The fraction of sp³-hybridized carbons (Fsp3) is 0. The molecular formula is C7H3Br2FN2. The van der Waals surface area contributed by atoms with Gasteiger partial charge in [0.15, 0.2) is 10.6 Å². The number of halogens is 3. The zero-order valence-corrected chi connectivity index (χ0v) is 8.91. The highest BCUT2D eigenvalue weighted by atomic mass is 79.9. The van der Waals surface area contributed by atoms with Crippen LogP contribution in [0, 0.1) is 5.82 Å². The topological polar surface area (TPSA) is 28.7 Å². The summed E-state index contributed by atoms with van der Waals surface area (Å²) in [6, 6.07) is 3.02. The lowest BCUT2D eigenvalue weighted by atomic mass is 10.3. The van der Waals surface area contributed by atoms with E-state index in [2.05, 4.69) is 41.8 Å². The van der Waals surface area contributed by atoms with Gasteiger partial charge in [0.1, 0.15) is 5.52 Å². The predicted molar refractivity (Wildman–Crippen MR) is 51.5 cm³/mol. The van der Waals surface area contributed by atoms with Crippen LogP contribution < -0.4 is 0 Å². The molecule has 2 aromatic rings. The van der Waals surface area contributed by atoms with E-state index in [1.807, 2.05) is 0 Å². The number of hydrogen-bond donors (Lipinski definition) is 1. The first-order valence-electron chi connectivity index (χ1n) is 3.17. The van der Waals surface area contributed by atoms with Crippen molar-refractivity contribution >= 4 is 42.9 Å². The zero-order valence-electron chi connectivity index (χ0n) is 5.74. The summed E-state index contributed by atoms with van der Waals surface area (Å²) in [5.74, 6) is -0.324. The van der Waals surface area contributed by atoms with Crippen LogP contribution in [0.4, 0.5) is 4.39 Å². The van der Waals surface area contributed by atoms with Crippen LogP contribution in [-0.2, 0) is 0 Å². The molecule has 5 heteroatoms. The van der Waals surface area contributed by atoms with E-state index in [1.54, 1.807) is 6.07 Å². The van der Waals surface area contributed by atoms with Gasteiger partial charge in [0, 0.05) is 4.47 Å². The second kappa shape index (κ2) is 2.81. The monoisotopic (exact) mass is 292 g/mol. The van der Waals surface area contributed by atoms with Crippen LogP contribution in [0.2, 0.25) is 0 Å². The molecule has 1 heterocycles. The van der Waals surface area contributed by atoms with Gasteiger partial charge >= 0.3 is 0 Å². The first-order valence-corrected chi connectivity index (χ1v) is 4.76. The number of hydrogen-bond acceptors (Lipinski definition) is 1. The first kappa shape index (κ1) is 8.19. The van der Waals surface area contributed by atoms with E-state index in [0.717, 1.165) is 4.47 Å². The minimum atomic E-state index is -0.324. The molecule has 0 radical (unpaired) electrons. The standard InChI is InChI=1S/C7H3Br2FN2/c8-3-1-2-4(10)6-5(3)11-7(9)12-6/h1-2H,(H,11,12). The number of H-pyrrole nitrogens is 1.